The highest BCUT2D eigenvalue weighted by Crippen LogP contribution is 2.30. The predicted octanol–water partition coefficient (Wildman–Crippen LogP) is 1.22. The Morgan fingerprint density at radius 3 is 2.29 bits per heavy atom. The molecule has 0 spiro atoms. The number of hydrogen-bond acceptors (Lipinski definition) is 3. The number of hydrogen-bond donors (Lipinski definition) is 1. The molecule has 0 heterocycles. The minimum Gasteiger partial charge on any atom is -0.396 e. The fourth-order valence-corrected chi connectivity index (χ4v) is 3.49. The second-order valence-electron chi connectivity index (χ2n) is 4.43. The topological polar surface area (TPSA) is 54.4 Å². The van der Waals surface area contributed by atoms with Crippen molar-refractivity contribution in [3.8, 4) is 0 Å². The first-order chi connectivity index (χ1) is 6.53. The zero-order valence-corrected chi connectivity index (χ0v) is 9.59. The van der Waals surface area contributed by atoms with Gasteiger partial charge < -0.3 is 5.11 Å². The predicted molar refractivity (Wildman–Crippen MR) is 56.9 cm³/mol. The second kappa shape index (κ2) is 5.12. The van der Waals surface area contributed by atoms with Crippen LogP contribution in [0.1, 0.15) is 32.1 Å². The molecule has 1 rings (SSSR count). The Bertz CT molecular complexity index is 253. The first-order valence-electron chi connectivity index (χ1n) is 5.31. The van der Waals surface area contributed by atoms with Gasteiger partial charge in [-0.05, 0) is 11.8 Å². The third-order valence-corrected chi connectivity index (χ3v) is 4.10. The van der Waals surface area contributed by atoms with Crippen molar-refractivity contribution in [3.63, 3.8) is 0 Å². The first-order valence-corrected chi connectivity index (χ1v) is 7.37. The Kier molecular flexibility index (Phi) is 4.38. The SMILES string of the molecule is CS(=O)(=O)CC(CO)C1CCCCC1. The normalized spacial score (nSPS) is 22.1. The zero-order valence-electron chi connectivity index (χ0n) is 8.78. The molecule has 3 nitrogen and oxygen atoms in total. The molecule has 0 amide bonds. The van der Waals surface area contributed by atoms with Gasteiger partial charge in [-0.1, -0.05) is 32.1 Å². The zero-order chi connectivity index (χ0) is 10.6. The quantitative estimate of drug-likeness (QED) is 0.775. The largest absolute Gasteiger partial charge is 0.396 e. The molecule has 0 bridgehead atoms. The summed E-state index contributed by atoms with van der Waals surface area (Å²) in [4.78, 5) is 0. The van der Waals surface area contributed by atoms with E-state index in [-0.39, 0.29) is 18.3 Å². The Morgan fingerprint density at radius 1 is 1.29 bits per heavy atom. The van der Waals surface area contributed by atoms with E-state index in [2.05, 4.69) is 0 Å². The Labute approximate surface area is 86.4 Å². The summed E-state index contributed by atoms with van der Waals surface area (Å²) < 4.78 is 22.3. The smallest absolute Gasteiger partial charge is 0.147 e. The molecule has 14 heavy (non-hydrogen) atoms. The van der Waals surface area contributed by atoms with E-state index in [1.165, 1.54) is 25.5 Å². The average molecular weight is 220 g/mol. The van der Waals surface area contributed by atoms with Gasteiger partial charge in [0.05, 0.1) is 5.75 Å². The monoisotopic (exact) mass is 220 g/mol. The number of aliphatic hydroxyl groups is 1. The molecule has 0 aromatic rings. The molecule has 1 fully saturated rings. The summed E-state index contributed by atoms with van der Waals surface area (Å²) >= 11 is 0. The van der Waals surface area contributed by atoms with Crippen molar-refractivity contribution in [3.05, 3.63) is 0 Å². The molecule has 1 N–H and O–H groups in total. The molecule has 1 saturated carbocycles. The van der Waals surface area contributed by atoms with Gasteiger partial charge in [-0.3, -0.25) is 0 Å². The van der Waals surface area contributed by atoms with Crippen LogP contribution in [0.5, 0.6) is 0 Å². The van der Waals surface area contributed by atoms with Crippen LogP contribution >= 0.6 is 0 Å². The minimum atomic E-state index is -2.94. The van der Waals surface area contributed by atoms with Gasteiger partial charge in [0.15, 0.2) is 0 Å². The van der Waals surface area contributed by atoms with Crippen molar-refractivity contribution in [1.29, 1.82) is 0 Å². The molecule has 4 heteroatoms. The van der Waals surface area contributed by atoms with E-state index in [0.717, 1.165) is 12.8 Å². The summed E-state index contributed by atoms with van der Waals surface area (Å²) in [6.45, 7) is 0.0116. The molecule has 1 aliphatic carbocycles. The van der Waals surface area contributed by atoms with E-state index in [4.69, 9.17) is 0 Å². The lowest BCUT2D eigenvalue weighted by molar-refractivity contribution is 0.162. The molecule has 0 radical (unpaired) electrons. The van der Waals surface area contributed by atoms with Crippen LogP contribution in [-0.4, -0.2) is 32.1 Å². The first kappa shape index (κ1) is 12.0. The lowest BCUT2D eigenvalue weighted by Crippen LogP contribution is -2.27. The van der Waals surface area contributed by atoms with E-state index in [1.54, 1.807) is 0 Å². The van der Waals surface area contributed by atoms with E-state index >= 15 is 0 Å². The van der Waals surface area contributed by atoms with Crippen molar-refractivity contribution in [2.24, 2.45) is 11.8 Å². The summed E-state index contributed by atoms with van der Waals surface area (Å²) in [6, 6.07) is 0. The van der Waals surface area contributed by atoms with Crippen LogP contribution in [0.2, 0.25) is 0 Å². The van der Waals surface area contributed by atoms with Crippen molar-refractivity contribution in [1.82, 2.24) is 0 Å². The van der Waals surface area contributed by atoms with Gasteiger partial charge in [-0.25, -0.2) is 8.42 Å². The van der Waals surface area contributed by atoms with Gasteiger partial charge >= 0.3 is 0 Å². The highest BCUT2D eigenvalue weighted by molar-refractivity contribution is 7.90. The molecule has 84 valence electrons. The maximum Gasteiger partial charge on any atom is 0.147 e. The summed E-state index contributed by atoms with van der Waals surface area (Å²) in [7, 11) is -2.94. The van der Waals surface area contributed by atoms with Crippen LogP contribution in [0.25, 0.3) is 0 Å². The van der Waals surface area contributed by atoms with Crippen molar-refractivity contribution in [2.75, 3.05) is 18.6 Å². The maximum absolute atomic E-state index is 11.1. The van der Waals surface area contributed by atoms with Crippen LogP contribution in [0, 0.1) is 11.8 Å². The number of sulfone groups is 1. The van der Waals surface area contributed by atoms with Gasteiger partial charge in [0.25, 0.3) is 0 Å². The maximum atomic E-state index is 11.1. The lowest BCUT2D eigenvalue weighted by atomic mass is 9.81. The summed E-state index contributed by atoms with van der Waals surface area (Å²) in [5.74, 6) is 0.530. The number of rotatable bonds is 4. The van der Waals surface area contributed by atoms with Gasteiger partial charge in [-0.15, -0.1) is 0 Å². The second-order valence-corrected chi connectivity index (χ2v) is 6.62. The molecule has 1 aliphatic rings. The fraction of sp³-hybridized carbons (Fsp3) is 1.00. The van der Waals surface area contributed by atoms with E-state index in [9.17, 15) is 13.5 Å². The van der Waals surface area contributed by atoms with Gasteiger partial charge in [0, 0.05) is 12.9 Å². The average Bonchev–Trinajstić information content (AvgIpc) is 2.14. The molecular formula is C10H20O3S. The highest BCUT2D eigenvalue weighted by Gasteiger charge is 2.25. The molecule has 0 aliphatic heterocycles. The third-order valence-electron chi connectivity index (χ3n) is 3.07. The molecule has 0 saturated heterocycles. The number of aliphatic hydroxyl groups excluding tert-OH is 1. The summed E-state index contributed by atoms with van der Waals surface area (Å²) in [6.07, 6.45) is 7.05. The lowest BCUT2D eigenvalue weighted by Gasteiger charge is -2.28. The van der Waals surface area contributed by atoms with Crippen molar-refractivity contribution in [2.45, 2.75) is 32.1 Å². The molecule has 0 aromatic heterocycles. The van der Waals surface area contributed by atoms with Crippen LogP contribution in [-0.2, 0) is 9.84 Å². The van der Waals surface area contributed by atoms with E-state index in [0.29, 0.717) is 5.92 Å². The summed E-state index contributed by atoms with van der Waals surface area (Å²) in [5.41, 5.74) is 0. The Morgan fingerprint density at radius 2 is 1.86 bits per heavy atom. The van der Waals surface area contributed by atoms with E-state index in [1.807, 2.05) is 0 Å². The van der Waals surface area contributed by atoms with Gasteiger partial charge in [0.2, 0.25) is 0 Å². The molecular weight excluding hydrogens is 200 g/mol. The van der Waals surface area contributed by atoms with Crippen molar-refractivity contribution >= 4 is 9.84 Å². The molecule has 1 atom stereocenters. The Balaban J connectivity index is 2.52. The molecule has 0 aromatic carbocycles. The van der Waals surface area contributed by atoms with Gasteiger partial charge in [-0.2, -0.15) is 0 Å². The van der Waals surface area contributed by atoms with Crippen LogP contribution in [0.4, 0.5) is 0 Å². The fourth-order valence-electron chi connectivity index (χ4n) is 2.33. The highest BCUT2D eigenvalue weighted by atomic mass is 32.2. The summed E-state index contributed by atoms with van der Waals surface area (Å²) in [5, 5.41) is 9.18. The van der Waals surface area contributed by atoms with Crippen LogP contribution < -0.4 is 0 Å². The van der Waals surface area contributed by atoms with Crippen LogP contribution in [0.15, 0.2) is 0 Å². The standard InChI is InChI=1S/C10H20O3S/c1-14(12,13)8-10(7-11)9-5-3-2-4-6-9/h9-11H,2-8H2,1H3. The van der Waals surface area contributed by atoms with Crippen LogP contribution in [0.3, 0.4) is 0 Å². The third kappa shape index (κ3) is 3.96. The van der Waals surface area contributed by atoms with E-state index < -0.39 is 9.84 Å². The Hall–Kier alpha value is -0.0900. The van der Waals surface area contributed by atoms with Crippen molar-refractivity contribution < 1.29 is 13.5 Å². The molecule has 1 unspecified atom stereocenters. The minimum absolute atomic E-state index is 0.0116. The van der Waals surface area contributed by atoms with Gasteiger partial charge in [0.1, 0.15) is 9.84 Å².